The van der Waals surface area contributed by atoms with Crippen LogP contribution in [0.15, 0.2) is 70.0 Å². The average Bonchev–Trinajstić information content (AvgIpc) is 3.17. The topological polar surface area (TPSA) is 83.4 Å². The number of nitriles is 1. The highest BCUT2D eigenvalue weighted by atomic mass is 79.9. The Hall–Kier alpha value is -3.12. The Bertz CT molecular complexity index is 1310. The van der Waals surface area contributed by atoms with Crippen LogP contribution in [-0.2, 0) is 11.4 Å². The van der Waals surface area contributed by atoms with E-state index >= 15 is 0 Å². The van der Waals surface area contributed by atoms with Crippen molar-refractivity contribution in [2.75, 3.05) is 12.4 Å². The van der Waals surface area contributed by atoms with Crippen LogP contribution in [0.5, 0.6) is 11.5 Å². The van der Waals surface area contributed by atoms with E-state index in [1.165, 1.54) is 11.8 Å². The lowest BCUT2D eigenvalue weighted by Crippen LogP contribution is -2.31. The van der Waals surface area contributed by atoms with Gasteiger partial charge in [0.25, 0.3) is 5.91 Å². The monoisotopic (exact) mass is 555 g/mol. The molecular formula is C25H19BrClN3O3S. The second-order valence-corrected chi connectivity index (χ2v) is 9.65. The Labute approximate surface area is 215 Å². The van der Waals surface area contributed by atoms with Gasteiger partial charge in [0.15, 0.2) is 5.50 Å². The first-order chi connectivity index (χ1) is 16.5. The van der Waals surface area contributed by atoms with Crippen molar-refractivity contribution in [3.63, 3.8) is 0 Å². The summed E-state index contributed by atoms with van der Waals surface area (Å²) in [5.41, 5.74) is 2.57. The van der Waals surface area contributed by atoms with Crippen LogP contribution in [0.25, 0.3) is 6.08 Å². The van der Waals surface area contributed by atoms with Crippen LogP contribution in [0.2, 0.25) is 5.02 Å². The molecule has 2 N–H and O–H groups in total. The summed E-state index contributed by atoms with van der Waals surface area (Å²) in [5, 5.41) is 15.9. The largest absolute Gasteiger partial charge is 0.495 e. The van der Waals surface area contributed by atoms with Crippen LogP contribution in [0, 0.1) is 11.3 Å². The minimum atomic E-state index is -0.364. The molecular weight excluding hydrogens is 538 g/mol. The van der Waals surface area contributed by atoms with E-state index in [1.54, 1.807) is 31.4 Å². The van der Waals surface area contributed by atoms with Crippen molar-refractivity contribution in [3.05, 3.63) is 91.8 Å². The smallest absolute Gasteiger partial charge is 0.260 e. The molecule has 0 spiro atoms. The summed E-state index contributed by atoms with van der Waals surface area (Å²) in [4.78, 5) is 13.1. The number of rotatable bonds is 7. The first kappa shape index (κ1) is 24.0. The molecule has 0 bridgehead atoms. The lowest BCUT2D eigenvalue weighted by atomic mass is 10.1. The number of methoxy groups -OCH3 is 1. The summed E-state index contributed by atoms with van der Waals surface area (Å²) in [5.74, 6) is 1.10. The number of carbonyl (C=O) groups excluding carboxylic acids is 1. The number of hydrogen-bond donors (Lipinski definition) is 2. The molecule has 0 saturated carbocycles. The van der Waals surface area contributed by atoms with Gasteiger partial charge in [0.2, 0.25) is 0 Å². The van der Waals surface area contributed by atoms with Gasteiger partial charge >= 0.3 is 0 Å². The van der Waals surface area contributed by atoms with E-state index < -0.39 is 0 Å². The second-order valence-electron chi connectivity index (χ2n) is 7.22. The fraction of sp³-hybridized carbons (Fsp3) is 0.120. The normalized spacial score (nSPS) is 16.1. The zero-order valence-corrected chi connectivity index (χ0v) is 21.1. The van der Waals surface area contributed by atoms with E-state index in [4.69, 9.17) is 21.1 Å². The fourth-order valence-corrected chi connectivity index (χ4v) is 4.94. The maximum absolute atomic E-state index is 12.5. The lowest BCUT2D eigenvalue weighted by molar-refractivity contribution is -0.116. The highest BCUT2D eigenvalue weighted by molar-refractivity contribution is 9.10. The molecule has 6 nitrogen and oxygen atoms in total. The molecule has 4 rings (SSSR count). The highest BCUT2D eigenvalue weighted by Gasteiger charge is 2.28. The number of halogens is 2. The summed E-state index contributed by atoms with van der Waals surface area (Å²) in [6, 6.07) is 20.3. The number of hydrogen-bond acceptors (Lipinski definition) is 6. The van der Waals surface area contributed by atoms with Crippen LogP contribution in [-0.4, -0.2) is 18.5 Å². The number of benzene rings is 3. The molecule has 3 aromatic carbocycles. The molecule has 1 amide bonds. The molecule has 0 aromatic heterocycles. The van der Waals surface area contributed by atoms with Gasteiger partial charge in [-0.3, -0.25) is 4.79 Å². The molecule has 1 saturated heterocycles. The van der Waals surface area contributed by atoms with E-state index in [0.717, 1.165) is 15.6 Å². The van der Waals surface area contributed by atoms with Crippen LogP contribution in [0.3, 0.4) is 0 Å². The standard InChI is InChI=1S/C25H19BrClN3O3S/c1-32-22-9-7-18(27)12-20(22)29-25-30-24(31)23(34-25)11-15-6-8-21(19(26)10-15)33-14-17-5-3-2-4-16(17)13-28/h2-12,25,29H,14H2,1H3,(H,30,31)/b23-11-. The van der Waals surface area contributed by atoms with Gasteiger partial charge in [-0.05, 0) is 64.0 Å². The quantitative estimate of drug-likeness (QED) is 0.339. The number of thioether (sulfide) groups is 1. The van der Waals surface area contributed by atoms with Gasteiger partial charge < -0.3 is 20.1 Å². The van der Waals surface area contributed by atoms with Crippen molar-refractivity contribution in [2.24, 2.45) is 0 Å². The summed E-state index contributed by atoms with van der Waals surface area (Å²) in [6.07, 6.45) is 1.82. The van der Waals surface area contributed by atoms with Crippen LogP contribution >= 0.6 is 39.3 Å². The Balaban J connectivity index is 1.44. The Morgan fingerprint density at radius 1 is 1.21 bits per heavy atom. The molecule has 1 heterocycles. The SMILES string of the molecule is COc1ccc(Cl)cc1NC1NC(=O)/C(=C/c2ccc(OCc3ccccc3C#N)c(Br)c2)S1. The minimum absolute atomic E-state index is 0.173. The fourth-order valence-electron chi connectivity index (χ4n) is 3.29. The summed E-state index contributed by atoms with van der Waals surface area (Å²) in [7, 11) is 1.58. The third-order valence-electron chi connectivity index (χ3n) is 4.95. The third kappa shape index (κ3) is 5.68. The van der Waals surface area contributed by atoms with Crippen molar-refractivity contribution < 1.29 is 14.3 Å². The molecule has 172 valence electrons. The molecule has 3 aromatic rings. The van der Waals surface area contributed by atoms with E-state index in [9.17, 15) is 10.1 Å². The number of nitrogens with zero attached hydrogens (tertiary/aromatic N) is 1. The number of carbonyl (C=O) groups is 1. The first-order valence-corrected chi connectivity index (χ1v) is 12.2. The molecule has 0 radical (unpaired) electrons. The zero-order valence-electron chi connectivity index (χ0n) is 18.0. The number of anilines is 1. The van der Waals surface area contributed by atoms with Crippen molar-refractivity contribution in [1.29, 1.82) is 5.26 Å². The summed E-state index contributed by atoms with van der Waals surface area (Å²) < 4.78 is 12.0. The predicted octanol–water partition coefficient (Wildman–Crippen LogP) is 6.16. The Kier molecular flexibility index (Phi) is 7.68. The number of amides is 1. The molecule has 1 aliphatic heterocycles. The summed E-state index contributed by atoms with van der Waals surface area (Å²) >= 11 is 11.0. The Morgan fingerprint density at radius 2 is 2.00 bits per heavy atom. The lowest BCUT2D eigenvalue weighted by Gasteiger charge is -2.15. The van der Waals surface area contributed by atoms with Crippen LogP contribution in [0.1, 0.15) is 16.7 Å². The molecule has 34 heavy (non-hydrogen) atoms. The third-order valence-corrected chi connectivity index (χ3v) is 6.84. The molecule has 1 fully saturated rings. The maximum Gasteiger partial charge on any atom is 0.260 e. The molecule has 0 aliphatic carbocycles. The van der Waals surface area contributed by atoms with Crippen molar-refractivity contribution >= 4 is 57.0 Å². The maximum atomic E-state index is 12.5. The van der Waals surface area contributed by atoms with Gasteiger partial charge in [-0.25, -0.2) is 0 Å². The van der Waals surface area contributed by atoms with E-state index in [1.807, 2.05) is 42.5 Å². The molecule has 1 unspecified atom stereocenters. The Morgan fingerprint density at radius 3 is 2.76 bits per heavy atom. The van der Waals surface area contributed by atoms with Gasteiger partial charge in [-0.15, -0.1) is 0 Å². The van der Waals surface area contributed by atoms with Crippen molar-refractivity contribution in [2.45, 2.75) is 12.1 Å². The van der Waals surface area contributed by atoms with Crippen LogP contribution in [0.4, 0.5) is 5.69 Å². The van der Waals surface area contributed by atoms with Gasteiger partial charge in [0, 0.05) is 10.6 Å². The van der Waals surface area contributed by atoms with Gasteiger partial charge in [0.1, 0.15) is 18.1 Å². The second kappa shape index (κ2) is 10.9. The van der Waals surface area contributed by atoms with Crippen molar-refractivity contribution in [3.8, 4) is 17.6 Å². The highest BCUT2D eigenvalue weighted by Crippen LogP contribution is 2.35. The van der Waals surface area contributed by atoms with Gasteiger partial charge in [0.05, 0.1) is 33.8 Å². The van der Waals surface area contributed by atoms with Gasteiger partial charge in [-0.2, -0.15) is 5.26 Å². The molecule has 9 heteroatoms. The molecule has 1 atom stereocenters. The van der Waals surface area contributed by atoms with E-state index in [0.29, 0.717) is 32.7 Å². The summed E-state index contributed by atoms with van der Waals surface area (Å²) in [6.45, 7) is 0.279. The van der Waals surface area contributed by atoms with E-state index in [-0.39, 0.29) is 18.0 Å². The van der Waals surface area contributed by atoms with E-state index in [2.05, 4.69) is 32.6 Å². The van der Waals surface area contributed by atoms with Gasteiger partial charge in [-0.1, -0.05) is 47.6 Å². The van der Waals surface area contributed by atoms with Crippen LogP contribution < -0.4 is 20.1 Å². The average molecular weight is 557 g/mol. The number of nitrogens with one attached hydrogen (secondary N) is 2. The molecule has 1 aliphatic rings. The minimum Gasteiger partial charge on any atom is -0.495 e. The predicted molar refractivity (Wildman–Crippen MR) is 139 cm³/mol. The van der Waals surface area contributed by atoms with Crippen molar-refractivity contribution in [1.82, 2.24) is 5.32 Å². The zero-order chi connectivity index (χ0) is 24.1. The number of ether oxygens (including phenoxy) is 2. The first-order valence-electron chi connectivity index (χ1n) is 10.2.